The third kappa shape index (κ3) is 3.68. The number of ether oxygens (including phenoxy) is 1. The molecule has 5 nitrogen and oxygen atoms in total. The predicted octanol–water partition coefficient (Wildman–Crippen LogP) is 2.24. The van der Waals surface area contributed by atoms with Crippen LogP contribution in [0.4, 0.5) is 4.39 Å². The number of aliphatic carboxylic acids is 1. The number of carbonyl (C=O) groups is 1. The van der Waals surface area contributed by atoms with Crippen molar-refractivity contribution in [2.24, 2.45) is 7.05 Å². The molecule has 0 amide bonds. The van der Waals surface area contributed by atoms with Crippen LogP contribution in [0.25, 0.3) is 6.08 Å². The Balaban J connectivity index is 2.15. The second kappa shape index (κ2) is 6.01. The van der Waals surface area contributed by atoms with Crippen molar-refractivity contribution >= 4 is 12.0 Å². The van der Waals surface area contributed by atoms with Crippen molar-refractivity contribution < 1.29 is 19.0 Å². The maximum absolute atomic E-state index is 13.2. The summed E-state index contributed by atoms with van der Waals surface area (Å²) in [4.78, 5) is 10.5. The second-order valence-electron chi connectivity index (χ2n) is 4.12. The number of benzene rings is 1. The van der Waals surface area contributed by atoms with Gasteiger partial charge in [-0.05, 0) is 30.3 Å². The van der Waals surface area contributed by atoms with Crippen LogP contribution < -0.4 is 4.74 Å². The van der Waals surface area contributed by atoms with Crippen molar-refractivity contribution in [1.29, 1.82) is 0 Å². The third-order valence-electron chi connectivity index (χ3n) is 2.52. The first kappa shape index (κ1) is 13.8. The summed E-state index contributed by atoms with van der Waals surface area (Å²) in [5, 5.41) is 12.8. The standard InChI is InChI=1S/C14H13FN2O3/c1-17-7-6-12(16-17)9-20-13-4-3-11(15)8-10(13)2-5-14(18)19/h2-8H,9H2,1H3,(H,18,19)/b5-2+. The average molecular weight is 276 g/mol. The Morgan fingerprint density at radius 3 is 2.95 bits per heavy atom. The van der Waals surface area contributed by atoms with Gasteiger partial charge in [0.05, 0.1) is 5.69 Å². The van der Waals surface area contributed by atoms with E-state index in [0.29, 0.717) is 11.3 Å². The van der Waals surface area contributed by atoms with Crippen LogP contribution in [0.1, 0.15) is 11.3 Å². The molecule has 0 aliphatic rings. The van der Waals surface area contributed by atoms with Crippen molar-refractivity contribution in [3.63, 3.8) is 0 Å². The fourth-order valence-electron chi connectivity index (χ4n) is 1.63. The maximum Gasteiger partial charge on any atom is 0.328 e. The Morgan fingerprint density at radius 2 is 2.30 bits per heavy atom. The number of hydrogen-bond acceptors (Lipinski definition) is 3. The summed E-state index contributed by atoms with van der Waals surface area (Å²) in [7, 11) is 1.79. The van der Waals surface area contributed by atoms with Gasteiger partial charge in [0.1, 0.15) is 18.2 Å². The smallest absolute Gasteiger partial charge is 0.328 e. The molecule has 0 saturated heterocycles. The summed E-state index contributed by atoms with van der Waals surface area (Å²) in [5.41, 5.74) is 1.09. The molecular weight excluding hydrogens is 263 g/mol. The lowest BCUT2D eigenvalue weighted by Crippen LogP contribution is -1.99. The highest BCUT2D eigenvalue weighted by Crippen LogP contribution is 2.22. The fraction of sp³-hybridized carbons (Fsp3) is 0.143. The van der Waals surface area contributed by atoms with Crippen molar-refractivity contribution in [2.75, 3.05) is 0 Å². The van der Waals surface area contributed by atoms with E-state index in [1.165, 1.54) is 24.3 Å². The molecule has 1 heterocycles. The zero-order valence-electron chi connectivity index (χ0n) is 10.8. The molecule has 0 bridgehead atoms. The summed E-state index contributed by atoms with van der Waals surface area (Å²) in [6.45, 7) is 0.223. The van der Waals surface area contributed by atoms with Crippen LogP contribution in [0.5, 0.6) is 5.75 Å². The second-order valence-corrected chi connectivity index (χ2v) is 4.12. The van der Waals surface area contributed by atoms with Gasteiger partial charge >= 0.3 is 5.97 Å². The first-order chi connectivity index (χ1) is 9.54. The van der Waals surface area contributed by atoms with Crippen LogP contribution in [-0.2, 0) is 18.4 Å². The topological polar surface area (TPSA) is 64.3 Å². The van der Waals surface area contributed by atoms with Crippen LogP contribution in [0.15, 0.2) is 36.5 Å². The minimum atomic E-state index is -1.11. The molecule has 1 aromatic heterocycles. The predicted molar refractivity (Wildman–Crippen MR) is 70.6 cm³/mol. The quantitative estimate of drug-likeness (QED) is 0.851. The third-order valence-corrected chi connectivity index (χ3v) is 2.52. The molecular formula is C14H13FN2O3. The summed E-state index contributed by atoms with van der Waals surface area (Å²) in [5.74, 6) is -1.17. The SMILES string of the molecule is Cn1ccc(COc2ccc(F)cc2/C=C/C(=O)O)n1. The Hall–Kier alpha value is -2.63. The molecule has 0 spiro atoms. The van der Waals surface area contributed by atoms with Gasteiger partial charge in [0.2, 0.25) is 0 Å². The van der Waals surface area contributed by atoms with Gasteiger partial charge in [-0.2, -0.15) is 5.10 Å². The van der Waals surface area contributed by atoms with E-state index < -0.39 is 11.8 Å². The number of nitrogens with zero attached hydrogens (tertiary/aromatic N) is 2. The van der Waals surface area contributed by atoms with Gasteiger partial charge in [0.15, 0.2) is 0 Å². The number of carboxylic acids is 1. The normalized spacial score (nSPS) is 10.9. The Morgan fingerprint density at radius 1 is 1.50 bits per heavy atom. The van der Waals surface area contributed by atoms with Crippen LogP contribution in [-0.4, -0.2) is 20.9 Å². The zero-order valence-corrected chi connectivity index (χ0v) is 10.8. The summed E-state index contributed by atoms with van der Waals surface area (Å²) in [6.07, 6.45) is 4.01. The minimum absolute atomic E-state index is 0.223. The minimum Gasteiger partial charge on any atom is -0.487 e. The molecule has 2 rings (SSSR count). The van der Waals surface area contributed by atoms with Gasteiger partial charge in [-0.15, -0.1) is 0 Å². The molecule has 0 aliphatic heterocycles. The lowest BCUT2D eigenvalue weighted by molar-refractivity contribution is -0.131. The largest absolute Gasteiger partial charge is 0.487 e. The number of aryl methyl sites for hydroxylation is 1. The number of carboxylic acid groups (broad SMARTS) is 1. The molecule has 1 aromatic carbocycles. The van der Waals surface area contributed by atoms with Crippen LogP contribution in [0.3, 0.4) is 0 Å². The average Bonchev–Trinajstić information content (AvgIpc) is 2.81. The monoisotopic (exact) mass is 276 g/mol. The Kier molecular flexibility index (Phi) is 4.14. The van der Waals surface area contributed by atoms with Crippen molar-refractivity contribution in [1.82, 2.24) is 9.78 Å². The molecule has 6 heteroatoms. The zero-order chi connectivity index (χ0) is 14.5. The van der Waals surface area contributed by atoms with Crippen molar-refractivity contribution in [2.45, 2.75) is 6.61 Å². The fourth-order valence-corrected chi connectivity index (χ4v) is 1.63. The molecule has 0 fully saturated rings. The van der Waals surface area contributed by atoms with E-state index in [4.69, 9.17) is 9.84 Å². The number of aromatic nitrogens is 2. The molecule has 104 valence electrons. The molecule has 0 unspecified atom stereocenters. The number of halogens is 1. The van der Waals surface area contributed by atoms with Crippen LogP contribution in [0.2, 0.25) is 0 Å². The van der Waals surface area contributed by atoms with E-state index in [1.807, 2.05) is 0 Å². The number of hydrogen-bond donors (Lipinski definition) is 1. The lowest BCUT2D eigenvalue weighted by atomic mass is 10.2. The van der Waals surface area contributed by atoms with Crippen molar-refractivity contribution in [3.8, 4) is 5.75 Å². The summed E-state index contributed by atoms with van der Waals surface area (Å²) in [6, 6.07) is 5.73. The van der Waals surface area contributed by atoms with E-state index in [2.05, 4.69) is 5.10 Å². The van der Waals surface area contributed by atoms with Gasteiger partial charge in [-0.3, -0.25) is 4.68 Å². The summed E-state index contributed by atoms with van der Waals surface area (Å²) < 4.78 is 20.4. The van der Waals surface area contributed by atoms with Crippen LogP contribution in [0, 0.1) is 5.82 Å². The van der Waals surface area contributed by atoms with E-state index in [0.717, 1.165) is 11.8 Å². The van der Waals surface area contributed by atoms with E-state index in [1.54, 1.807) is 24.0 Å². The first-order valence-corrected chi connectivity index (χ1v) is 5.86. The molecule has 20 heavy (non-hydrogen) atoms. The highest BCUT2D eigenvalue weighted by Gasteiger charge is 2.05. The lowest BCUT2D eigenvalue weighted by Gasteiger charge is -2.08. The highest BCUT2D eigenvalue weighted by molar-refractivity contribution is 5.85. The summed E-state index contributed by atoms with van der Waals surface area (Å²) >= 11 is 0. The Bertz CT molecular complexity index is 650. The van der Waals surface area contributed by atoms with Crippen LogP contribution >= 0.6 is 0 Å². The Labute approximate surface area is 114 Å². The highest BCUT2D eigenvalue weighted by atomic mass is 19.1. The molecule has 0 atom stereocenters. The van der Waals surface area contributed by atoms with E-state index in [9.17, 15) is 9.18 Å². The molecule has 1 N–H and O–H groups in total. The van der Waals surface area contributed by atoms with Gasteiger partial charge in [-0.25, -0.2) is 9.18 Å². The maximum atomic E-state index is 13.2. The first-order valence-electron chi connectivity index (χ1n) is 5.86. The van der Waals surface area contributed by atoms with Gasteiger partial charge in [0.25, 0.3) is 0 Å². The van der Waals surface area contributed by atoms with Gasteiger partial charge in [-0.1, -0.05) is 0 Å². The number of rotatable bonds is 5. The van der Waals surface area contributed by atoms with E-state index >= 15 is 0 Å². The van der Waals surface area contributed by atoms with Gasteiger partial charge < -0.3 is 9.84 Å². The molecule has 0 aliphatic carbocycles. The van der Waals surface area contributed by atoms with Gasteiger partial charge in [0, 0.05) is 24.9 Å². The molecule has 2 aromatic rings. The van der Waals surface area contributed by atoms with Crippen molar-refractivity contribution in [3.05, 3.63) is 53.6 Å². The van der Waals surface area contributed by atoms with E-state index in [-0.39, 0.29) is 6.61 Å². The molecule has 0 radical (unpaired) electrons. The molecule has 0 saturated carbocycles.